The molecule has 0 spiro atoms. The number of nitrogens with two attached hydrogens (primary N) is 2. The van der Waals surface area contributed by atoms with Crippen molar-refractivity contribution < 1.29 is 167 Å². The zero-order valence-electron chi connectivity index (χ0n) is 82.7. The van der Waals surface area contributed by atoms with Crippen LogP contribution < -0.4 is 87.3 Å². The van der Waals surface area contributed by atoms with Crippen molar-refractivity contribution in [3.63, 3.8) is 0 Å². The van der Waals surface area contributed by atoms with Gasteiger partial charge in [0.05, 0.1) is 56.9 Å². The van der Waals surface area contributed by atoms with Crippen molar-refractivity contribution in [2.75, 3.05) is 56.9 Å². The molecule has 0 fully saturated rings. The average molecular weight is 1950 g/mol. The summed E-state index contributed by atoms with van der Waals surface area (Å²) >= 11 is 0. The molecule has 10 aromatic carbocycles. The number of carbonyl (C=O) groups excluding carboxylic acids is 7. The summed E-state index contributed by atoms with van der Waals surface area (Å²) < 4.78 is 139. The zero-order valence-corrected chi connectivity index (χ0v) is 82.7. The van der Waals surface area contributed by atoms with E-state index in [2.05, 4.69) is 0 Å². The number of phenolic OH excluding ortho intramolecular Hbond substituents is 1. The number of aryl methyl sites for hydroxylation is 2. The van der Waals surface area contributed by atoms with Gasteiger partial charge in [0.2, 0.25) is 0 Å². The number of carboxylic acid groups (broad SMARTS) is 4. The first kappa shape index (κ1) is 107. The number of halogens is 3. The lowest BCUT2D eigenvalue weighted by Crippen LogP contribution is -2.32. The molecule has 37 heteroatoms. The lowest BCUT2D eigenvalue weighted by molar-refractivity contribution is -0.189. The van der Waals surface area contributed by atoms with Crippen LogP contribution in [0.2, 0.25) is 0 Å². The molecule has 34 nitrogen and oxygen atoms in total. The molecule has 746 valence electrons. The van der Waals surface area contributed by atoms with Crippen molar-refractivity contribution in [2.45, 2.75) is 170 Å². The number of carbonyl (C=O) groups is 11. The number of phenols is 1. The first-order valence-electron chi connectivity index (χ1n) is 43.2. The van der Waals surface area contributed by atoms with Crippen LogP contribution in [-0.2, 0) is 27.2 Å². The third-order valence-corrected chi connectivity index (χ3v) is 25.2. The summed E-state index contributed by atoms with van der Waals surface area (Å²) in [5, 5.41) is 52.6. The van der Waals surface area contributed by atoms with Gasteiger partial charge in [-0.3, -0.25) is 9.59 Å². The summed E-state index contributed by atoms with van der Waals surface area (Å²) in [7, 11) is 10.1. The first-order valence-corrected chi connectivity index (χ1v) is 43.2. The third-order valence-electron chi connectivity index (χ3n) is 25.2. The van der Waals surface area contributed by atoms with E-state index in [4.69, 9.17) is 87.3 Å². The van der Waals surface area contributed by atoms with Gasteiger partial charge in [0.25, 0.3) is 0 Å². The van der Waals surface area contributed by atoms with Crippen LogP contribution in [0.4, 0.5) is 13.2 Å². The van der Waals surface area contributed by atoms with E-state index in [1.54, 1.807) is 48.5 Å². The number of rotatable bonds is 33. The number of aromatic hydroxyl groups is 1. The molecule has 141 heavy (non-hydrogen) atoms. The second kappa shape index (κ2) is 42.2. The molecular weight excluding hydrogens is 1850 g/mol. The normalized spacial score (nSPS) is 11.6. The van der Waals surface area contributed by atoms with Gasteiger partial charge in [0, 0.05) is 66.8 Å². The summed E-state index contributed by atoms with van der Waals surface area (Å²) in [4.78, 5) is 152. The maximum absolute atomic E-state index is 15.6. The Kier molecular flexibility index (Phi) is 32.0. The van der Waals surface area contributed by atoms with E-state index in [1.165, 1.54) is 182 Å². The van der Waals surface area contributed by atoms with Crippen LogP contribution in [-0.4, -0.2) is 166 Å². The van der Waals surface area contributed by atoms with Gasteiger partial charge >= 0.3 is 71.8 Å². The lowest BCUT2D eigenvalue weighted by atomic mass is 9.89. The Morgan fingerprint density at radius 3 is 0.844 bits per heavy atom. The third kappa shape index (κ3) is 20.0. The predicted octanol–water partition coefficient (Wildman–Crippen LogP) is 17.8. The van der Waals surface area contributed by atoms with Gasteiger partial charge in [-0.15, -0.1) is 0 Å². The average Bonchev–Trinajstić information content (AvgIpc) is 0.738. The number of alkyl halides is 3. The van der Waals surface area contributed by atoms with Gasteiger partial charge in [0.1, 0.15) is 154 Å². The van der Waals surface area contributed by atoms with Gasteiger partial charge in [-0.05, 0) is 266 Å². The number of benzene rings is 10. The quantitative estimate of drug-likeness (QED) is 0.0148. The molecule has 2 atom stereocenters. The largest absolute Gasteiger partial charge is 0.507 e. The van der Waals surface area contributed by atoms with Crippen molar-refractivity contribution in [3.05, 3.63) is 215 Å². The van der Waals surface area contributed by atoms with E-state index < -0.39 is 118 Å². The SMILES string of the molecule is COc1c(C)c(OC(=O)c2c(C)c(C)c(OC(=O)c3c(C)cc(OC(=O)c4c(C)c(-c5cc(CC(N)C(=O)O)ccc5Oc5ccc(CC(N)C(=O)O)cc5-c5c(C)c(C(=O)Oc6cc(C)c(C(=O)Oc7c(C)c(C)c(C(=O)Oc8c(C)c(C)c(C(=O)O)c(OC)c8C)c(OC)c7C)c(OC(=O)C(F)(F)F)c6C)c(OC)c(C)c5OC)c(OC)c(C)c4OC)c(C)c3O)c(C)c2OC)c(C)c(C)c1C(=O)O. The molecule has 0 aliphatic rings. The van der Waals surface area contributed by atoms with Crippen molar-refractivity contribution >= 4 is 65.7 Å². The highest BCUT2D eigenvalue weighted by Crippen LogP contribution is 2.54. The van der Waals surface area contributed by atoms with Crippen LogP contribution in [0.15, 0.2) is 48.5 Å². The number of methoxy groups -OCH3 is 8. The van der Waals surface area contributed by atoms with Crippen LogP contribution in [0.5, 0.6) is 103 Å². The molecule has 2 unspecified atom stereocenters. The van der Waals surface area contributed by atoms with E-state index in [1.807, 2.05) is 0 Å². The number of ether oxygens (including phenoxy) is 16. The molecule has 0 heterocycles. The Morgan fingerprint density at radius 2 is 0.546 bits per heavy atom. The molecule has 0 radical (unpaired) electrons. The van der Waals surface area contributed by atoms with Crippen molar-refractivity contribution in [3.8, 4) is 126 Å². The number of esters is 7. The van der Waals surface area contributed by atoms with E-state index in [-0.39, 0.29) is 266 Å². The maximum atomic E-state index is 15.6. The van der Waals surface area contributed by atoms with Crippen LogP contribution in [0, 0.1) is 138 Å². The van der Waals surface area contributed by atoms with E-state index in [0.717, 1.165) is 13.0 Å². The highest BCUT2D eigenvalue weighted by atomic mass is 19.4. The Hall–Kier alpha value is -15.9. The molecule has 0 aliphatic heterocycles. The standard InChI is InChI=1S/C104H107F3N2O32/c1-39-33-67(49(11)79(110)69(39)97(119)137-82-47(9)43(5)75(88(130-25)55(82)17)101(123)139-80-45(7)41(3)73(95(115)116)86(128-23)53(80)15)135-99(121)77-51(13)71(84(126-21)57(19)90(77)132-27)61-35-59(37-63(108)93(111)112)29-31-65(61)134-66-32-30-60(38-64(109)94(113)114)36-62(66)72-52(14)78(91(133-28)58(20)85(72)127-22)100(122)136-68-34-40(2)70(92(50(68)12)141-103(125)104(105,106)107)98(120)138-83-48(10)44(6)76(89(131-26)56(83)18)102(124)140-81-46(8)42(4)74(96(117)118)87(129-24)54(81)16/h29-36,63-64,110H,37-38,108-109H2,1-28H3,(H,111,112)(H,113,114)(H,115,116)(H,117,118). The first-order chi connectivity index (χ1) is 66.0. The number of hydrogen-bond acceptors (Lipinski definition) is 30. The topological polar surface area (TPSA) is 489 Å². The Bertz CT molecular complexity index is 6980. The minimum atomic E-state index is -5.72. The van der Waals surface area contributed by atoms with Gasteiger partial charge in [-0.25, -0.2) is 43.2 Å². The van der Waals surface area contributed by atoms with Crippen molar-refractivity contribution in [1.82, 2.24) is 0 Å². The molecule has 10 rings (SSSR count). The van der Waals surface area contributed by atoms with Gasteiger partial charge in [0.15, 0.2) is 5.75 Å². The minimum absolute atomic E-state index is 0.0113. The van der Waals surface area contributed by atoms with E-state index in [9.17, 15) is 81.9 Å². The van der Waals surface area contributed by atoms with Crippen LogP contribution in [0.3, 0.4) is 0 Å². The van der Waals surface area contributed by atoms with Crippen LogP contribution >= 0.6 is 0 Å². The summed E-state index contributed by atoms with van der Waals surface area (Å²) in [6, 6.07) is 8.22. The monoisotopic (exact) mass is 1950 g/mol. The highest BCUT2D eigenvalue weighted by Gasteiger charge is 2.45. The molecule has 0 aliphatic carbocycles. The Balaban J connectivity index is 1.06. The summed E-state index contributed by atoms with van der Waals surface area (Å²) in [6.07, 6.45) is -6.38. The molecule has 0 saturated heterocycles. The van der Waals surface area contributed by atoms with Crippen molar-refractivity contribution in [2.24, 2.45) is 11.5 Å². The van der Waals surface area contributed by atoms with E-state index >= 15 is 9.59 Å². The maximum Gasteiger partial charge on any atom is 0.491 e. The summed E-state index contributed by atoms with van der Waals surface area (Å²) in [5.74, 6) is -18.8. The fourth-order valence-electron chi connectivity index (χ4n) is 17.5. The molecule has 0 bridgehead atoms. The minimum Gasteiger partial charge on any atom is -0.507 e. The van der Waals surface area contributed by atoms with E-state index in [0.29, 0.717) is 5.56 Å². The molecule has 10 aromatic rings. The molecule has 0 saturated carbocycles. The van der Waals surface area contributed by atoms with Gasteiger partial charge < -0.3 is 113 Å². The number of aliphatic carboxylic acids is 2. The number of hydrogen-bond donors (Lipinski definition) is 7. The lowest BCUT2D eigenvalue weighted by Gasteiger charge is -2.25. The number of carboxylic acids is 4. The van der Waals surface area contributed by atoms with Gasteiger partial charge in [-0.1, -0.05) is 12.1 Å². The summed E-state index contributed by atoms with van der Waals surface area (Å²) in [6.45, 7) is 29.2. The Morgan fingerprint density at radius 1 is 0.284 bits per heavy atom. The fourth-order valence-corrected chi connectivity index (χ4v) is 17.5. The highest BCUT2D eigenvalue weighted by molar-refractivity contribution is 6.06. The molecule has 0 amide bonds. The fraction of sp³-hybridized carbons (Fsp3) is 0.317. The smallest absolute Gasteiger partial charge is 0.491 e. The van der Waals surface area contributed by atoms with Gasteiger partial charge in [-0.2, -0.15) is 13.2 Å². The van der Waals surface area contributed by atoms with Crippen molar-refractivity contribution in [1.29, 1.82) is 0 Å². The molecule has 9 N–H and O–H groups in total. The number of aromatic carboxylic acids is 2. The van der Waals surface area contributed by atoms with Crippen LogP contribution in [0.1, 0.15) is 205 Å². The van der Waals surface area contributed by atoms with Crippen LogP contribution in [0.25, 0.3) is 22.3 Å². The molecular formula is C104H107F3N2O32. The molecule has 0 aromatic heterocycles. The summed E-state index contributed by atoms with van der Waals surface area (Å²) in [5.41, 5.74) is 12.6. The Labute approximate surface area is 808 Å². The second-order valence-corrected chi connectivity index (χ2v) is 33.5. The zero-order chi connectivity index (χ0) is 105. The second-order valence-electron chi connectivity index (χ2n) is 33.5. The predicted molar refractivity (Wildman–Crippen MR) is 505 cm³/mol.